The van der Waals surface area contributed by atoms with Crippen LogP contribution in [0.4, 0.5) is 0 Å². The van der Waals surface area contributed by atoms with E-state index in [2.05, 4.69) is 0 Å². The molecule has 0 aliphatic carbocycles. The number of hydrogen-bond donors (Lipinski definition) is 4. The van der Waals surface area contributed by atoms with Crippen molar-refractivity contribution in [3.63, 3.8) is 0 Å². The number of unbranched alkanes of at least 4 members (excludes halogenated alkanes) is 1. The van der Waals surface area contributed by atoms with E-state index in [0.29, 0.717) is 31.2 Å². The fourth-order valence-corrected chi connectivity index (χ4v) is 13.1. The van der Waals surface area contributed by atoms with Crippen molar-refractivity contribution >= 4 is 33.5 Å². The maximum absolute atomic E-state index is 14.4. The molecule has 362 valence electrons. The molecule has 4 heterocycles. The summed E-state index contributed by atoms with van der Waals surface area (Å²) in [6, 6.07) is -0.803. The van der Waals surface area contributed by atoms with Gasteiger partial charge in [0.05, 0.1) is 48.1 Å². The summed E-state index contributed by atoms with van der Waals surface area (Å²) in [6.07, 6.45) is -3.73. The van der Waals surface area contributed by atoms with E-state index in [1.807, 2.05) is 73.3 Å². The van der Waals surface area contributed by atoms with Crippen molar-refractivity contribution in [2.24, 2.45) is 17.8 Å². The maximum atomic E-state index is 14.4. The van der Waals surface area contributed by atoms with Crippen LogP contribution in [0.5, 0.6) is 0 Å². The van der Waals surface area contributed by atoms with E-state index in [1.165, 1.54) is 26.2 Å². The predicted molar refractivity (Wildman–Crippen MR) is 240 cm³/mol. The molecular formula is C45H82N2O13S2. The minimum Gasteiger partial charge on any atom is -0.459 e. The van der Waals surface area contributed by atoms with Gasteiger partial charge < -0.3 is 63.4 Å². The quantitative estimate of drug-likeness (QED) is 0.112. The zero-order valence-corrected chi connectivity index (χ0v) is 41.5. The number of carbonyl (C=O) groups is 2. The SMILES string of the molecule is CC[C@H]1OC(=O)[C@H](C)[C@@H](O[C@H]2C[C@@](C)(OC)[C@@H](O)[C@H](C)O2)[C@H](C)[C@@H](O[C@@H]2OCC[C@H](N(C)C)[C@H]2OC(=O)CCCC[C@@H]2CCSS2)[C@](C)(O)C[C@@H](C)CN(C)[C@H](C)[C@@H](O)[C@]1(C)O. The summed E-state index contributed by atoms with van der Waals surface area (Å²) in [4.78, 5) is 32.0. The van der Waals surface area contributed by atoms with Crippen LogP contribution in [0.1, 0.15) is 120 Å². The van der Waals surface area contributed by atoms with Crippen molar-refractivity contribution in [1.29, 1.82) is 0 Å². The standard InChI is InChI=1S/C45H82N2O13S2/c1-14-33-45(9,53)38(49)29(5)47(12)25-26(2)23-43(7,52)40(27(3)36(28(4)41(51)57-33)59-35-24-44(8,54-13)39(50)30(6)56-35)60-42-37(32(46(10)11)19-21-55-42)58-34(48)18-16-15-17-31-20-22-61-62-31/h26-33,35-40,42,49-50,52-53H,14-25H2,1-13H3/t26-,27+,28-,29-,30+,31-,32+,33-,35+,36+,37-,38-,39+,40-,42+,43-,44-,45-/m1/s1. The zero-order valence-electron chi connectivity index (χ0n) is 39.8. The van der Waals surface area contributed by atoms with Gasteiger partial charge in [0.2, 0.25) is 0 Å². The van der Waals surface area contributed by atoms with Crippen molar-refractivity contribution < 1.29 is 63.2 Å². The Labute approximate surface area is 379 Å². The van der Waals surface area contributed by atoms with E-state index in [9.17, 15) is 30.0 Å². The number of aliphatic hydroxyl groups excluding tert-OH is 2. The summed E-state index contributed by atoms with van der Waals surface area (Å²) >= 11 is 0. The first-order chi connectivity index (χ1) is 29.0. The summed E-state index contributed by atoms with van der Waals surface area (Å²) in [6.45, 7) is 16.5. The van der Waals surface area contributed by atoms with Gasteiger partial charge in [0, 0.05) is 49.5 Å². The molecule has 0 aromatic carbocycles. The molecule has 0 aromatic heterocycles. The Kier molecular flexibility index (Phi) is 20.2. The topological polar surface area (TPSA) is 186 Å². The minimum absolute atomic E-state index is 0.119. The molecule has 0 saturated carbocycles. The second-order valence-corrected chi connectivity index (χ2v) is 22.5. The van der Waals surface area contributed by atoms with E-state index in [1.54, 1.807) is 34.6 Å². The second-order valence-electron chi connectivity index (χ2n) is 19.7. The summed E-state index contributed by atoms with van der Waals surface area (Å²) in [5.74, 6) is -1.85. The van der Waals surface area contributed by atoms with Gasteiger partial charge in [-0.3, -0.25) is 9.59 Å². The Hall–Kier alpha value is -0.800. The number of likely N-dealkylation sites (N-methyl/N-ethyl adjacent to an activating group) is 2. The van der Waals surface area contributed by atoms with Crippen molar-refractivity contribution in [3.05, 3.63) is 0 Å². The third-order valence-electron chi connectivity index (χ3n) is 14.1. The molecular weight excluding hydrogens is 841 g/mol. The highest BCUT2D eigenvalue weighted by Crippen LogP contribution is 2.41. The molecule has 17 heteroatoms. The number of hydrogen-bond acceptors (Lipinski definition) is 17. The lowest BCUT2D eigenvalue weighted by Gasteiger charge is -2.48. The van der Waals surface area contributed by atoms with Crippen LogP contribution in [0.15, 0.2) is 0 Å². The maximum Gasteiger partial charge on any atom is 0.311 e. The average molecular weight is 923 g/mol. The molecule has 4 saturated heterocycles. The number of nitrogens with zero attached hydrogens (tertiary/aromatic N) is 2. The van der Waals surface area contributed by atoms with Gasteiger partial charge in [0.15, 0.2) is 18.7 Å². The van der Waals surface area contributed by atoms with Crippen LogP contribution in [0, 0.1) is 17.8 Å². The normalized spacial score (nSPS) is 44.7. The Morgan fingerprint density at radius 1 is 0.984 bits per heavy atom. The largest absolute Gasteiger partial charge is 0.459 e. The number of ether oxygens (including phenoxy) is 7. The highest BCUT2D eigenvalue weighted by atomic mass is 33.1. The van der Waals surface area contributed by atoms with Crippen LogP contribution < -0.4 is 0 Å². The van der Waals surface area contributed by atoms with E-state index < -0.39 is 96.0 Å². The molecule has 0 unspecified atom stereocenters. The highest BCUT2D eigenvalue weighted by molar-refractivity contribution is 8.77. The molecule has 4 fully saturated rings. The van der Waals surface area contributed by atoms with Gasteiger partial charge in [-0.05, 0) is 107 Å². The van der Waals surface area contributed by atoms with Gasteiger partial charge in [-0.25, -0.2) is 0 Å². The molecule has 18 atom stereocenters. The van der Waals surface area contributed by atoms with Crippen molar-refractivity contribution in [2.45, 2.75) is 210 Å². The van der Waals surface area contributed by atoms with Crippen molar-refractivity contribution in [2.75, 3.05) is 47.2 Å². The third kappa shape index (κ3) is 13.4. The van der Waals surface area contributed by atoms with Crippen LogP contribution in [0.3, 0.4) is 0 Å². The Morgan fingerprint density at radius 3 is 2.29 bits per heavy atom. The van der Waals surface area contributed by atoms with Gasteiger partial charge in [0.25, 0.3) is 0 Å². The van der Waals surface area contributed by atoms with Crippen LogP contribution in [-0.2, 0) is 42.7 Å². The molecule has 4 N–H and O–H groups in total. The highest BCUT2D eigenvalue weighted by Gasteiger charge is 2.53. The van der Waals surface area contributed by atoms with Crippen LogP contribution >= 0.6 is 21.6 Å². The smallest absolute Gasteiger partial charge is 0.311 e. The van der Waals surface area contributed by atoms with Gasteiger partial charge >= 0.3 is 11.9 Å². The fourth-order valence-electron chi connectivity index (χ4n) is 10.0. The number of rotatable bonds is 13. The van der Waals surface area contributed by atoms with Gasteiger partial charge in [-0.15, -0.1) is 0 Å². The van der Waals surface area contributed by atoms with Crippen LogP contribution in [0.25, 0.3) is 0 Å². The second kappa shape index (κ2) is 23.3. The lowest BCUT2D eigenvalue weighted by atomic mass is 9.77. The Balaban J connectivity index is 1.76. The molecule has 0 bridgehead atoms. The number of carbonyl (C=O) groups excluding carboxylic acids is 2. The number of cyclic esters (lactones) is 1. The van der Waals surface area contributed by atoms with Crippen molar-refractivity contribution in [1.82, 2.24) is 9.80 Å². The first-order valence-electron chi connectivity index (χ1n) is 23.0. The molecule has 0 spiro atoms. The number of methoxy groups -OCH3 is 1. The summed E-state index contributed by atoms with van der Waals surface area (Å²) in [5.41, 5.74) is -4.46. The fraction of sp³-hybridized carbons (Fsp3) is 0.956. The Morgan fingerprint density at radius 2 is 1.68 bits per heavy atom. The van der Waals surface area contributed by atoms with E-state index in [0.717, 1.165) is 12.8 Å². The molecule has 0 amide bonds. The van der Waals surface area contributed by atoms with Crippen LogP contribution in [-0.4, -0.2) is 179 Å². The van der Waals surface area contributed by atoms with Crippen molar-refractivity contribution in [3.8, 4) is 0 Å². The summed E-state index contributed by atoms with van der Waals surface area (Å²) < 4.78 is 44.6. The number of aliphatic hydroxyl groups is 4. The molecule has 4 rings (SSSR count). The molecule has 15 nitrogen and oxygen atoms in total. The molecule has 4 aliphatic rings. The molecule has 0 aromatic rings. The van der Waals surface area contributed by atoms with Gasteiger partial charge in [0.1, 0.15) is 23.9 Å². The summed E-state index contributed by atoms with van der Waals surface area (Å²) in [7, 11) is 11.1. The lowest BCUT2D eigenvalue weighted by molar-refractivity contribution is -0.313. The number of esters is 2. The predicted octanol–water partition coefficient (Wildman–Crippen LogP) is 4.78. The van der Waals surface area contributed by atoms with Gasteiger partial charge in [-0.1, -0.05) is 48.8 Å². The van der Waals surface area contributed by atoms with E-state index >= 15 is 0 Å². The molecule has 0 radical (unpaired) electrons. The monoisotopic (exact) mass is 923 g/mol. The lowest BCUT2D eigenvalue weighted by Crippen LogP contribution is -2.60. The molecule has 4 aliphatic heterocycles. The zero-order chi connectivity index (χ0) is 46.3. The average Bonchev–Trinajstić information content (AvgIpc) is 3.73. The van der Waals surface area contributed by atoms with Crippen LogP contribution in [0.2, 0.25) is 0 Å². The van der Waals surface area contributed by atoms with E-state index in [4.69, 9.17) is 33.2 Å². The third-order valence-corrected chi connectivity index (χ3v) is 17.1. The first-order valence-corrected chi connectivity index (χ1v) is 25.3. The van der Waals surface area contributed by atoms with E-state index in [-0.39, 0.29) is 43.6 Å². The van der Waals surface area contributed by atoms with Gasteiger partial charge in [-0.2, -0.15) is 0 Å². The Bertz CT molecular complexity index is 1410. The first kappa shape index (κ1) is 53.8. The summed E-state index contributed by atoms with van der Waals surface area (Å²) in [5, 5.41) is 48.0. The minimum atomic E-state index is -1.82. The molecule has 62 heavy (non-hydrogen) atoms.